The van der Waals surface area contributed by atoms with Gasteiger partial charge in [-0.25, -0.2) is 0 Å². The molecule has 3 heteroatoms. The number of thioether (sulfide) groups is 1. The monoisotopic (exact) mass is 316 g/mol. The van der Waals surface area contributed by atoms with Crippen molar-refractivity contribution in [2.24, 2.45) is 11.8 Å². The summed E-state index contributed by atoms with van der Waals surface area (Å²) in [5, 5.41) is 0.186. The van der Waals surface area contributed by atoms with Gasteiger partial charge in [-0.3, -0.25) is 9.59 Å². The number of benzene rings is 1. The molecule has 1 aromatic carbocycles. The lowest BCUT2D eigenvalue weighted by Crippen LogP contribution is -2.03. The highest BCUT2D eigenvalue weighted by Gasteiger charge is 2.42. The molecule has 0 spiro atoms. The summed E-state index contributed by atoms with van der Waals surface area (Å²) in [6.45, 7) is 3.89. The van der Waals surface area contributed by atoms with Crippen LogP contribution in [0.4, 0.5) is 0 Å². The molecule has 1 saturated carbocycles. The van der Waals surface area contributed by atoms with Crippen LogP contribution < -0.4 is 0 Å². The van der Waals surface area contributed by atoms with Crippen molar-refractivity contribution in [2.45, 2.75) is 39.5 Å². The van der Waals surface area contributed by atoms with E-state index in [2.05, 4.69) is 0 Å². The Morgan fingerprint density at radius 2 is 2.00 bits per heavy atom. The summed E-state index contributed by atoms with van der Waals surface area (Å²) in [5.41, 5.74) is 1.70. The molecule has 0 amide bonds. The molecular formula is C19H24O2S. The molecule has 0 bridgehead atoms. The maximum absolute atomic E-state index is 12.3. The number of rotatable bonds is 8. The lowest BCUT2D eigenvalue weighted by Gasteiger charge is -2.01. The van der Waals surface area contributed by atoms with Crippen LogP contribution in [0.15, 0.2) is 42.0 Å². The van der Waals surface area contributed by atoms with Crippen molar-refractivity contribution in [1.82, 2.24) is 0 Å². The number of carbonyl (C=O) groups is 2. The Bertz CT molecular complexity index is 548. The zero-order valence-corrected chi connectivity index (χ0v) is 14.2. The smallest absolute Gasteiger partial charge is 0.214 e. The maximum Gasteiger partial charge on any atom is 0.214 e. The molecule has 22 heavy (non-hydrogen) atoms. The summed E-state index contributed by atoms with van der Waals surface area (Å²) in [7, 11) is 0. The van der Waals surface area contributed by atoms with Gasteiger partial charge in [0, 0.05) is 11.5 Å². The highest BCUT2D eigenvalue weighted by molar-refractivity contribution is 8.14. The van der Waals surface area contributed by atoms with Crippen LogP contribution in [0.25, 0.3) is 0 Å². The largest absolute Gasteiger partial charge is 0.294 e. The topological polar surface area (TPSA) is 34.1 Å². The Morgan fingerprint density at radius 3 is 2.68 bits per heavy atom. The molecule has 0 unspecified atom stereocenters. The van der Waals surface area contributed by atoms with Crippen molar-refractivity contribution in [3.8, 4) is 0 Å². The van der Waals surface area contributed by atoms with E-state index in [1.165, 1.54) is 11.8 Å². The van der Waals surface area contributed by atoms with Crippen LogP contribution in [0, 0.1) is 11.8 Å². The molecule has 2 rings (SSSR count). The van der Waals surface area contributed by atoms with E-state index >= 15 is 0 Å². The van der Waals surface area contributed by atoms with Crippen LogP contribution in [-0.2, 0) is 4.79 Å². The average Bonchev–Trinajstić information content (AvgIpc) is 3.31. The van der Waals surface area contributed by atoms with Crippen LogP contribution in [0.5, 0.6) is 0 Å². The zero-order valence-electron chi connectivity index (χ0n) is 13.4. The fraction of sp³-hybridized carbons (Fsp3) is 0.474. The van der Waals surface area contributed by atoms with E-state index in [0.29, 0.717) is 11.7 Å². The molecule has 118 valence electrons. The predicted octanol–water partition coefficient (Wildman–Crippen LogP) is 4.90. The van der Waals surface area contributed by atoms with Gasteiger partial charge in [-0.05, 0) is 49.9 Å². The van der Waals surface area contributed by atoms with Gasteiger partial charge in [0.2, 0.25) is 5.12 Å². The third kappa shape index (κ3) is 4.84. The Morgan fingerprint density at radius 1 is 1.27 bits per heavy atom. The Labute approximate surface area is 137 Å². The lowest BCUT2D eigenvalue weighted by molar-refractivity contribution is -0.107. The van der Waals surface area contributed by atoms with Crippen LogP contribution >= 0.6 is 11.8 Å². The SMILES string of the molecule is CCSC(=O)/C(C)=C/CCC[C@H]1C[C@@H]1C(=O)c1ccccc1. The minimum atomic E-state index is 0.186. The highest BCUT2D eigenvalue weighted by Crippen LogP contribution is 2.44. The second-order valence-corrected chi connectivity index (χ2v) is 7.11. The summed E-state index contributed by atoms with van der Waals surface area (Å²) in [4.78, 5) is 23.9. The van der Waals surface area contributed by atoms with Crippen LogP contribution in [0.1, 0.15) is 49.9 Å². The first-order chi connectivity index (χ1) is 10.6. The first-order valence-corrected chi connectivity index (χ1v) is 9.05. The van der Waals surface area contributed by atoms with Crippen molar-refractivity contribution in [3.63, 3.8) is 0 Å². The average molecular weight is 316 g/mol. The zero-order chi connectivity index (χ0) is 15.9. The summed E-state index contributed by atoms with van der Waals surface area (Å²) in [5.74, 6) is 1.90. The predicted molar refractivity (Wildman–Crippen MR) is 93.1 cm³/mol. The second-order valence-electron chi connectivity index (χ2n) is 5.87. The van der Waals surface area contributed by atoms with E-state index in [-0.39, 0.29) is 11.0 Å². The van der Waals surface area contributed by atoms with Gasteiger partial charge >= 0.3 is 0 Å². The summed E-state index contributed by atoms with van der Waals surface area (Å²) < 4.78 is 0. The van der Waals surface area contributed by atoms with E-state index in [1.54, 1.807) is 0 Å². The molecule has 1 aromatic rings. The molecule has 0 radical (unpaired) electrons. The molecule has 0 heterocycles. The van der Waals surface area contributed by atoms with E-state index < -0.39 is 0 Å². The molecule has 1 aliphatic carbocycles. The number of allylic oxidation sites excluding steroid dienone is 1. The Kier molecular flexibility index (Phi) is 6.44. The molecule has 0 saturated heterocycles. The van der Waals surface area contributed by atoms with Crippen molar-refractivity contribution in [3.05, 3.63) is 47.5 Å². The minimum Gasteiger partial charge on any atom is -0.294 e. The molecule has 0 aromatic heterocycles. The van der Waals surface area contributed by atoms with Crippen molar-refractivity contribution >= 4 is 22.7 Å². The molecule has 2 nitrogen and oxygen atoms in total. The van der Waals surface area contributed by atoms with Crippen LogP contribution in [0.2, 0.25) is 0 Å². The number of Topliss-reactive ketones (excluding diaryl/α,β-unsaturated/α-hetero) is 1. The molecule has 0 aliphatic heterocycles. The van der Waals surface area contributed by atoms with Gasteiger partial charge in [0.15, 0.2) is 5.78 Å². The number of hydrogen-bond donors (Lipinski definition) is 0. The van der Waals surface area contributed by atoms with E-state index in [0.717, 1.165) is 42.6 Å². The standard InChI is InChI=1S/C19H24O2S/c1-3-22-19(21)14(2)9-7-8-12-16-13-17(16)18(20)15-10-5-4-6-11-15/h4-6,9-11,16-17H,3,7-8,12-13H2,1-2H3/b14-9+/t16-,17-/m0/s1. The highest BCUT2D eigenvalue weighted by atomic mass is 32.2. The normalized spacial score (nSPS) is 20.7. The minimum absolute atomic E-state index is 0.186. The quantitative estimate of drug-likeness (QED) is 0.388. The van der Waals surface area contributed by atoms with Gasteiger partial charge in [-0.2, -0.15) is 0 Å². The van der Waals surface area contributed by atoms with Crippen molar-refractivity contribution in [1.29, 1.82) is 0 Å². The molecule has 0 N–H and O–H groups in total. The third-order valence-corrected chi connectivity index (χ3v) is 5.02. The third-order valence-electron chi connectivity index (χ3n) is 4.14. The number of unbranched alkanes of at least 4 members (excludes halogenated alkanes) is 1. The van der Waals surface area contributed by atoms with Gasteiger partial charge in [-0.15, -0.1) is 0 Å². The fourth-order valence-corrected chi connectivity index (χ4v) is 3.30. The lowest BCUT2D eigenvalue weighted by atomic mass is 10.0. The summed E-state index contributed by atoms with van der Waals surface area (Å²) >= 11 is 1.37. The van der Waals surface area contributed by atoms with Gasteiger partial charge in [0.1, 0.15) is 0 Å². The first kappa shape index (κ1) is 17.0. The van der Waals surface area contributed by atoms with Gasteiger partial charge in [0.05, 0.1) is 0 Å². The van der Waals surface area contributed by atoms with Crippen LogP contribution in [-0.4, -0.2) is 16.7 Å². The molecule has 1 fully saturated rings. The summed E-state index contributed by atoms with van der Waals surface area (Å²) in [6, 6.07) is 9.59. The molecule has 1 aliphatic rings. The van der Waals surface area contributed by atoms with E-state index in [4.69, 9.17) is 0 Å². The molecule has 2 atom stereocenters. The van der Waals surface area contributed by atoms with E-state index in [9.17, 15) is 9.59 Å². The second kappa shape index (κ2) is 8.33. The van der Waals surface area contributed by atoms with Gasteiger partial charge in [-0.1, -0.05) is 55.1 Å². The number of ketones is 1. The van der Waals surface area contributed by atoms with Crippen molar-refractivity contribution < 1.29 is 9.59 Å². The number of carbonyl (C=O) groups excluding carboxylic acids is 2. The summed E-state index contributed by atoms with van der Waals surface area (Å²) in [6.07, 6.45) is 6.15. The van der Waals surface area contributed by atoms with Crippen molar-refractivity contribution in [2.75, 3.05) is 5.75 Å². The van der Waals surface area contributed by atoms with Crippen LogP contribution in [0.3, 0.4) is 0 Å². The Balaban J connectivity index is 1.69. The fourth-order valence-electron chi connectivity index (χ4n) is 2.73. The molecular weight excluding hydrogens is 292 g/mol. The van der Waals surface area contributed by atoms with E-state index in [1.807, 2.05) is 50.3 Å². The van der Waals surface area contributed by atoms with Gasteiger partial charge in [0.25, 0.3) is 0 Å². The number of hydrogen-bond acceptors (Lipinski definition) is 3. The Hall–Kier alpha value is -1.35. The maximum atomic E-state index is 12.3. The first-order valence-electron chi connectivity index (χ1n) is 8.06. The van der Waals surface area contributed by atoms with Gasteiger partial charge < -0.3 is 0 Å².